The molecule has 0 aliphatic heterocycles. The minimum absolute atomic E-state index is 0.0394. The topological polar surface area (TPSA) is 62.6 Å². The normalized spacial score (nSPS) is 17.0. The van der Waals surface area contributed by atoms with E-state index in [-0.39, 0.29) is 17.6 Å². The number of nitrogens with zero attached hydrogens (tertiary/aromatic N) is 1. The summed E-state index contributed by atoms with van der Waals surface area (Å²) in [7, 11) is 2.03. The fraction of sp³-hybridized carbons (Fsp3) is 0.500. The van der Waals surface area contributed by atoms with Crippen LogP contribution in [-0.4, -0.2) is 29.9 Å². The Morgan fingerprint density at radius 1 is 1.24 bits per heavy atom. The number of carbonyl (C=O) groups excluding carboxylic acids is 1. The van der Waals surface area contributed by atoms with E-state index in [9.17, 15) is 9.59 Å². The van der Waals surface area contributed by atoms with Gasteiger partial charge in [0.25, 0.3) is 0 Å². The van der Waals surface area contributed by atoms with Crippen molar-refractivity contribution in [3.63, 3.8) is 0 Å². The zero-order valence-electron chi connectivity index (χ0n) is 15.2. The van der Waals surface area contributed by atoms with Gasteiger partial charge in [0, 0.05) is 29.2 Å². The van der Waals surface area contributed by atoms with Gasteiger partial charge in [-0.25, -0.2) is 4.79 Å². The molecule has 0 radical (unpaired) electrons. The summed E-state index contributed by atoms with van der Waals surface area (Å²) in [6.07, 6.45) is 6.11. The molecule has 134 valence electrons. The lowest BCUT2D eigenvalue weighted by Crippen LogP contribution is -2.46. The first kappa shape index (κ1) is 17.7. The van der Waals surface area contributed by atoms with Crippen LogP contribution in [0.4, 0.5) is 5.69 Å². The number of hydrogen-bond acceptors (Lipinski definition) is 4. The Hall–Kier alpha value is -2.14. The van der Waals surface area contributed by atoms with Crippen molar-refractivity contribution in [1.82, 2.24) is 4.90 Å². The zero-order valence-corrected chi connectivity index (χ0v) is 15.2. The molecule has 25 heavy (non-hydrogen) atoms. The molecule has 1 unspecified atom stereocenters. The van der Waals surface area contributed by atoms with Crippen LogP contribution in [0.5, 0.6) is 0 Å². The molecule has 1 amide bonds. The molecule has 1 heterocycles. The number of nitrogens with one attached hydrogen (secondary N) is 1. The first-order valence-corrected chi connectivity index (χ1v) is 9.03. The number of carbonyl (C=O) groups is 1. The van der Waals surface area contributed by atoms with E-state index < -0.39 is 0 Å². The number of hydrogen-bond donors (Lipinski definition) is 1. The van der Waals surface area contributed by atoms with Gasteiger partial charge in [-0.3, -0.25) is 9.69 Å². The zero-order chi connectivity index (χ0) is 18.0. The standard InChI is InChI=1S/C20H26N2O3/c1-13-11-19(23)25-18-12-15(9-10-17(13)18)21-20(24)14(2)22(3)16-7-5-4-6-8-16/h9-12,14,16H,4-8H2,1-3H3,(H,21,24). The Morgan fingerprint density at radius 3 is 2.68 bits per heavy atom. The van der Waals surface area contributed by atoms with Crippen LogP contribution in [-0.2, 0) is 4.79 Å². The number of amides is 1. The molecule has 1 aromatic heterocycles. The maximum Gasteiger partial charge on any atom is 0.336 e. The second kappa shape index (κ2) is 7.40. The number of aryl methyl sites for hydroxylation is 1. The van der Waals surface area contributed by atoms with Crippen LogP contribution in [0.25, 0.3) is 11.0 Å². The minimum Gasteiger partial charge on any atom is -0.423 e. The molecule has 1 N–H and O–H groups in total. The Bertz CT molecular complexity index is 821. The maximum absolute atomic E-state index is 12.6. The molecule has 1 aliphatic rings. The van der Waals surface area contributed by atoms with Gasteiger partial charge in [0.2, 0.25) is 5.91 Å². The lowest BCUT2D eigenvalue weighted by atomic mass is 9.93. The summed E-state index contributed by atoms with van der Waals surface area (Å²) in [5.74, 6) is -0.0394. The van der Waals surface area contributed by atoms with Gasteiger partial charge in [0.05, 0.1) is 6.04 Å². The number of rotatable bonds is 4. The summed E-state index contributed by atoms with van der Waals surface area (Å²) in [5.41, 5.74) is 1.64. The Kier molecular flexibility index (Phi) is 5.23. The highest BCUT2D eigenvalue weighted by Gasteiger charge is 2.26. The third kappa shape index (κ3) is 3.93. The molecule has 1 fully saturated rings. The molecule has 2 aromatic rings. The molecule has 1 aromatic carbocycles. The van der Waals surface area contributed by atoms with Gasteiger partial charge in [-0.2, -0.15) is 0 Å². The molecular formula is C20H26N2O3. The predicted octanol–water partition coefficient (Wildman–Crippen LogP) is 3.69. The van der Waals surface area contributed by atoms with Gasteiger partial charge in [-0.15, -0.1) is 0 Å². The van der Waals surface area contributed by atoms with Crippen molar-refractivity contribution in [2.24, 2.45) is 0 Å². The lowest BCUT2D eigenvalue weighted by Gasteiger charge is -2.34. The molecule has 0 spiro atoms. The minimum atomic E-state index is -0.376. The number of fused-ring (bicyclic) bond motifs is 1. The van der Waals surface area contributed by atoms with Gasteiger partial charge in [-0.05, 0) is 51.4 Å². The molecular weight excluding hydrogens is 316 g/mol. The SMILES string of the molecule is Cc1cc(=O)oc2cc(NC(=O)C(C)N(C)C3CCCCC3)ccc12. The lowest BCUT2D eigenvalue weighted by molar-refractivity contribution is -0.121. The highest BCUT2D eigenvalue weighted by Crippen LogP contribution is 2.24. The first-order chi connectivity index (χ1) is 12.0. The van der Waals surface area contributed by atoms with Gasteiger partial charge in [-0.1, -0.05) is 19.3 Å². The monoisotopic (exact) mass is 342 g/mol. The van der Waals surface area contributed by atoms with Gasteiger partial charge >= 0.3 is 5.63 Å². The van der Waals surface area contributed by atoms with Gasteiger partial charge in [0.1, 0.15) is 5.58 Å². The van der Waals surface area contributed by atoms with E-state index in [1.165, 1.54) is 25.3 Å². The van der Waals surface area contributed by atoms with Gasteiger partial charge in [0.15, 0.2) is 0 Å². The van der Waals surface area contributed by atoms with E-state index in [1.807, 2.05) is 33.0 Å². The number of likely N-dealkylation sites (N-methyl/N-ethyl adjacent to an activating group) is 1. The summed E-state index contributed by atoms with van der Waals surface area (Å²) in [6.45, 7) is 3.81. The Balaban J connectivity index is 1.73. The van der Waals surface area contributed by atoms with Crippen molar-refractivity contribution >= 4 is 22.6 Å². The third-order valence-corrected chi connectivity index (χ3v) is 5.36. The molecule has 1 aliphatic carbocycles. The largest absolute Gasteiger partial charge is 0.423 e. The average molecular weight is 342 g/mol. The van der Waals surface area contributed by atoms with E-state index in [0.29, 0.717) is 17.3 Å². The molecule has 5 heteroatoms. The molecule has 1 saturated carbocycles. The van der Waals surface area contributed by atoms with Crippen molar-refractivity contribution in [1.29, 1.82) is 0 Å². The highest BCUT2D eigenvalue weighted by atomic mass is 16.4. The van der Waals surface area contributed by atoms with Crippen molar-refractivity contribution in [3.05, 3.63) is 40.2 Å². The fourth-order valence-corrected chi connectivity index (χ4v) is 3.64. The molecule has 0 bridgehead atoms. The molecule has 5 nitrogen and oxygen atoms in total. The average Bonchev–Trinajstić information content (AvgIpc) is 2.60. The van der Waals surface area contributed by atoms with Crippen LogP contribution in [0, 0.1) is 6.92 Å². The second-order valence-electron chi connectivity index (χ2n) is 7.08. The van der Waals surface area contributed by atoms with Crippen molar-refractivity contribution < 1.29 is 9.21 Å². The predicted molar refractivity (Wildman–Crippen MR) is 99.9 cm³/mol. The van der Waals surface area contributed by atoms with E-state index in [4.69, 9.17) is 4.42 Å². The number of benzene rings is 1. The highest BCUT2D eigenvalue weighted by molar-refractivity contribution is 5.96. The summed E-state index contributed by atoms with van der Waals surface area (Å²) >= 11 is 0. The fourth-order valence-electron chi connectivity index (χ4n) is 3.64. The van der Waals surface area contributed by atoms with E-state index in [2.05, 4.69) is 10.2 Å². The third-order valence-electron chi connectivity index (χ3n) is 5.36. The first-order valence-electron chi connectivity index (χ1n) is 9.03. The van der Waals surface area contributed by atoms with E-state index in [0.717, 1.165) is 23.8 Å². The van der Waals surface area contributed by atoms with Crippen LogP contribution in [0.15, 0.2) is 33.5 Å². The smallest absolute Gasteiger partial charge is 0.336 e. The quantitative estimate of drug-likeness (QED) is 0.861. The second-order valence-corrected chi connectivity index (χ2v) is 7.08. The van der Waals surface area contributed by atoms with Crippen molar-refractivity contribution in [2.75, 3.05) is 12.4 Å². The van der Waals surface area contributed by atoms with Crippen molar-refractivity contribution in [3.8, 4) is 0 Å². The Morgan fingerprint density at radius 2 is 1.96 bits per heavy atom. The van der Waals surface area contributed by atoms with Crippen LogP contribution >= 0.6 is 0 Å². The van der Waals surface area contributed by atoms with Gasteiger partial charge < -0.3 is 9.73 Å². The molecule has 0 saturated heterocycles. The number of anilines is 1. The van der Waals surface area contributed by atoms with Crippen LogP contribution in [0.1, 0.15) is 44.6 Å². The van der Waals surface area contributed by atoms with Crippen LogP contribution < -0.4 is 10.9 Å². The summed E-state index contributed by atoms with van der Waals surface area (Å²) in [5, 5.41) is 3.83. The maximum atomic E-state index is 12.6. The summed E-state index contributed by atoms with van der Waals surface area (Å²) in [6, 6.07) is 7.19. The molecule has 3 rings (SSSR count). The van der Waals surface area contributed by atoms with Crippen LogP contribution in [0.3, 0.4) is 0 Å². The summed E-state index contributed by atoms with van der Waals surface area (Å²) < 4.78 is 5.25. The van der Waals surface area contributed by atoms with Crippen molar-refractivity contribution in [2.45, 2.75) is 58.0 Å². The van der Waals surface area contributed by atoms with Crippen LogP contribution in [0.2, 0.25) is 0 Å². The van der Waals surface area contributed by atoms with E-state index in [1.54, 1.807) is 6.07 Å². The molecule has 1 atom stereocenters. The Labute approximate surface area is 148 Å². The summed E-state index contributed by atoms with van der Waals surface area (Å²) in [4.78, 5) is 26.4. The van der Waals surface area contributed by atoms with E-state index >= 15 is 0 Å².